The minimum Gasteiger partial charge on any atom is -0.357 e. The third-order valence-corrected chi connectivity index (χ3v) is 5.89. The van der Waals surface area contributed by atoms with Gasteiger partial charge in [-0.3, -0.25) is 9.89 Å². The summed E-state index contributed by atoms with van der Waals surface area (Å²) in [6, 6.07) is 15.7. The van der Waals surface area contributed by atoms with Crippen LogP contribution in [0.15, 0.2) is 53.7 Å². The molecule has 6 nitrogen and oxygen atoms in total. The summed E-state index contributed by atoms with van der Waals surface area (Å²) in [4.78, 5) is 12.2. The smallest absolute Gasteiger partial charge is 0.194 e. The summed E-state index contributed by atoms with van der Waals surface area (Å²) in [5.74, 6) is 0.983. The first-order valence-corrected chi connectivity index (χ1v) is 11.2. The summed E-state index contributed by atoms with van der Waals surface area (Å²) in [6.07, 6.45) is 3.16. The summed E-state index contributed by atoms with van der Waals surface area (Å²) in [7, 11) is 6.43. The molecule has 0 radical (unpaired) electrons. The fraction of sp³-hybridized carbons (Fsp3) is 0.542. The number of hydrogen-bond donors (Lipinski definition) is 1. The van der Waals surface area contributed by atoms with Gasteiger partial charge in [0.25, 0.3) is 0 Å². The fourth-order valence-corrected chi connectivity index (χ4v) is 4.12. The first-order valence-electron chi connectivity index (χ1n) is 11.2. The molecule has 0 spiro atoms. The number of guanidine groups is 1. The van der Waals surface area contributed by atoms with Crippen LogP contribution in [0.25, 0.3) is 0 Å². The molecule has 172 valence electrons. The van der Waals surface area contributed by atoms with E-state index in [1.54, 1.807) is 0 Å². The molecule has 1 aliphatic heterocycles. The van der Waals surface area contributed by atoms with Gasteiger partial charge < -0.3 is 19.7 Å². The van der Waals surface area contributed by atoms with Crippen molar-refractivity contribution in [3.8, 4) is 0 Å². The molecule has 0 saturated carbocycles. The van der Waals surface area contributed by atoms with Crippen LogP contribution in [0.2, 0.25) is 0 Å². The average Bonchev–Trinajstić information content (AvgIpc) is 3.16. The molecular weight excluding hydrogens is 499 g/mol. The molecule has 31 heavy (non-hydrogen) atoms. The average molecular weight is 539 g/mol. The Labute approximate surface area is 205 Å². The first kappa shape index (κ1) is 25.7. The molecule has 1 aromatic carbocycles. The van der Waals surface area contributed by atoms with E-state index in [1.807, 2.05) is 0 Å². The van der Waals surface area contributed by atoms with Crippen molar-refractivity contribution < 1.29 is 0 Å². The monoisotopic (exact) mass is 538 g/mol. The number of nitrogens with one attached hydrogen (secondary N) is 1. The molecule has 2 heterocycles. The molecule has 7 heteroatoms. The highest BCUT2D eigenvalue weighted by Gasteiger charge is 2.25. The van der Waals surface area contributed by atoms with Crippen molar-refractivity contribution in [3.05, 3.63) is 59.9 Å². The number of nitrogens with zero attached hydrogens (tertiary/aromatic N) is 5. The minimum atomic E-state index is 0. The third-order valence-electron chi connectivity index (χ3n) is 5.89. The van der Waals surface area contributed by atoms with E-state index < -0.39 is 0 Å². The number of aromatic nitrogens is 1. The molecular formula is C24H39IN6. The summed E-state index contributed by atoms with van der Waals surface area (Å²) in [5, 5.41) is 3.44. The van der Waals surface area contributed by atoms with Crippen molar-refractivity contribution in [2.24, 2.45) is 12.0 Å². The number of likely N-dealkylation sites (N-methyl/N-ethyl adjacent to an activating group) is 1. The maximum atomic E-state index is 4.91. The van der Waals surface area contributed by atoms with Gasteiger partial charge in [-0.15, -0.1) is 24.0 Å². The minimum absolute atomic E-state index is 0. The third kappa shape index (κ3) is 7.50. The van der Waals surface area contributed by atoms with Gasteiger partial charge in [-0.1, -0.05) is 30.3 Å². The van der Waals surface area contributed by atoms with Crippen molar-refractivity contribution in [1.29, 1.82) is 0 Å². The van der Waals surface area contributed by atoms with Gasteiger partial charge in [0.2, 0.25) is 0 Å². The highest BCUT2D eigenvalue weighted by Crippen LogP contribution is 2.24. The summed E-state index contributed by atoms with van der Waals surface area (Å²) in [6.45, 7) is 9.12. The zero-order chi connectivity index (χ0) is 21.3. The van der Waals surface area contributed by atoms with E-state index in [9.17, 15) is 0 Å². The molecule has 2 aromatic rings. The number of rotatable bonds is 8. The number of halogens is 1. The van der Waals surface area contributed by atoms with Crippen LogP contribution in [0.5, 0.6) is 0 Å². The van der Waals surface area contributed by atoms with Gasteiger partial charge in [-0.05, 0) is 38.1 Å². The first-order chi connectivity index (χ1) is 14.6. The number of benzene rings is 1. The van der Waals surface area contributed by atoms with Gasteiger partial charge in [0, 0.05) is 71.3 Å². The van der Waals surface area contributed by atoms with E-state index in [0.29, 0.717) is 6.04 Å². The van der Waals surface area contributed by atoms with E-state index in [1.165, 1.54) is 11.3 Å². The van der Waals surface area contributed by atoms with Crippen molar-refractivity contribution in [3.63, 3.8) is 0 Å². The standard InChI is InChI=1S/C24H38N6.HI/c1-5-25-24(29(4)19-22-13-9-15-28(22)3)26-14-10-16-30-18-17-27(2)20-23(30)21-11-7-6-8-12-21;/h6-9,11-13,15,23H,5,10,14,16-20H2,1-4H3,(H,25,26);1H. The fourth-order valence-electron chi connectivity index (χ4n) is 4.12. The largest absolute Gasteiger partial charge is 0.357 e. The lowest BCUT2D eigenvalue weighted by molar-refractivity contribution is 0.0894. The Bertz CT molecular complexity index is 790. The van der Waals surface area contributed by atoms with E-state index in [4.69, 9.17) is 4.99 Å². The predicted octanol–water partition coefficient (Wildman–Crippen LogP) is 3.42. The maximum absolute atomic E-state index is 4.91. The number of hydrogen-bond acceptors (Lipinski definition) is 3. The normalized spacial score (nSPS) is 17.9. The van der Waals surface area contributed by atoms with Crippen LogP contribution >= 0.6 is 24.0 Å². The van der Waals surface area contributed by atoms with E-state index >= 15 is 0 Å². The summed E-state index contributed by atoms with van der Waals surface area (Å²) in [5.41, 5.74) is 2.70. The molecule has 1 aliphatic rings. The second-order valence-electron chi connectivity index (χ2n) is 8.28. The molecule has 1 atom stereocenters. The quantitative estimate of drug-likeness (QED) is 0.242. The number of aryl methyl sites for hydroxylation is 1. The predicted molar refractivity (Wildman–Crippen MR) is 141 cm³/mol. The lowest BCUT2D eigenvalue weighted by Gasteiger charge is -2.40. The lowest BCUT2D eigenvalue weighted by Crippen LogP contribution is -2.47. The topological polar surface area (TPSA) is 39.0 Å². The maximum Gasteiger partial charge on any atom is 0.194 e. The van der Waals surface area contributed by atoms with Gasteiger partial charge in [0.15, 0.2) is 5.96 Å². The summed E-state index contributed by atoms with van der Waals surface area (Å²) < 4.78 is 2.16. The second kappa shape index (κ2) is 13.1. The van der Waals surface area contributed by atoms with Gasteiger partial charge in [-0.25, -0.2) is 0 Å². The highest BCUT2D eigenvalue weighted by atomic mass is 127. The Morgan fingerprint density at radius 2 is 1.90 bits per heavy atom. The van der Waals surface area contributed by atoms with Crippen LogP contribution < -0.4 is 5.32 Å². The zero-order valence-corrected chi connectivity index (χ0v) is 21.8. The zero-order valence-electron chi connectivity index (χ0n) is 19.5. The van der Waals surface area contributed by atoms with Crippen LogP contribution in [0, 0.1) is 0 Å². The van der Waals surface area contributed by atoms with Gasteiger partial charge in [-0.2, -0.15) is 0 Å². The van der Waals surface area contributed by atoms with Crippen molar-refractivity contribution >= 4 is 29.9 Å². The van der Waals surface area contributed by atoms with Crippen LogP contribution in [0.1, 0.15) is 30.6 Å². The Morgan fingerprint density at radius 1 is 1.13 bits per heavy atom. The molecule has 1 unspecified atom stereocenters. The molecule has 0 amide bonds. The Morgan fingerprint density at radius 3 is 2.58 bits per heavy atom. The number of piperazine rings is 1. The van der Waals surface area contributed by atoms with Gasteiger partial charge in [0.1, 0.15) is 0 Å². The molecule has 1 N–H and O–H groups in total. The van der Waals surface area contributed by atoms with Crippen molar-refractivity contribution in [2.45, 2.75) is 25.9 Å². The Balaban J connectivity index is 0.00000341. The lowest BCUT2D eigenvalue weighted by atomic mass is 10.0. The Kier molecular flexibility index (Phi) is 10.8. The van der Waals surface area contributed by atoms with Crippen LogP contribution in [0.3, 0.4) is 0 Å². The summed E-state index contributed by atoms with van der Waals surface area (Å²) >= 11 is 0. The Hall–Kier alpha value is -1.58. The molecule has 3 rings (SSSR count). The molecule has 1 saturated heterocycles. The van der Waals surface area contributed by atoms with E-state index in [-0.39, 0.29) is 24.0 Å². The number of aliphatic imine (C=N–C) groups is 1. The molecule has 0 aliphatic carbocycles. The van der Waals surface area contributed by atoms with Gasteiger partial charge >= 0.3 is 0 Å². The van der Waals surface area contributed by atoms with Crippen LogP contribution in [-0.4, -0.2) is 78.6 Å². The molecule has 0 bridgehead atoms. The van der Waals surface area contributed by atoms with Gasteiger partial charge in [0.05, 0.1) is 6.54 Å². The van der Waals surface area contributed by atoms with Crippen molar-refractivity contribution in [1.82, 2.24) is 24.6 Å². The van der Waals surface area contributed by atoms with Crippen LogP contribution in [-0.2, 0) is 13.6 Å². The van der Waals surface area contributed by atoms with Crippen molar-refractivity contribution in [2.75, 3.05) is 53.4 Å². The van der Waals surface area contributed by atoms with E-state index in [2.05, 4.69) is 101 Å². The van der Waals surface area contributed by atoms with E-state index in [0.717, 1.165) is 58.2 Å². The highest BCUT2D eigenvalue weighted by molar-refractivity contribution is 14.0. The second-order valence-corrected chi connectivity index (χ2v) is 8.28. The van der Waals surface area contributed by atoms with Crippen LogP contribution in [0.4, 0.5) is 0 Å². The molecule has 1 aromatic heterocycles. The molecule has 1 fully saturated rings. The SMILES string of the molecule is CCNC(=NCCCN1CCN(C)CC1c1ccccc1)N(C)Cc1cccn1C.I.